The minimum Gasteiger partial charge on any atom is -0.346 e. The summed E-state index contributed by atoms with van der Waals surface area (Å²) in [5.41, 5.74) is 0.715. The van der Waals surface area contributed by atoms with E-state index in [0.29, 0.717) is 37.0 Å². The maximum Gasteiger partial charge on any atom is 0.238 e. The summed E-state index contributed by atoms with van der Waals surface area (Å²) in [7, 11) is 0. The van der Waals surface area contributed by atoms with Crippen LogP contribution in [0.2, 0.25) is 5.02 Å². The van der Waals surface area contributed by atoms with E-state index in [9.17, 15) is 4.79 Å². The van der Waals surface area contributed by atoms with Crippen LogP contribution in [0.15, 0.2) is 24.3 Å². The molecule has 5 nitrogen and oxygen atoms in total. The lowest BCUT2D eigenvalue weighted by molar-refractivity contribution is -0.189. The fourth-order valence-electron chi connectivity index (χ4n) is 2.91. The van der Waals surface area contributed by atoms with Crippen molar-refractivity contribution in [1.82, 2.24) is 4.90 Å². The average Bonchev–Trinajstić information content (AvgIpc) is 2.86. The summed E-state index contributed by atoms with van der Waals surface area (Å²) in [5.74, 6) is -0.540. The van der Waals surface area contributed by atoms with Crippen molar-refractivity contribution in [2.24, 2.45) is 0 Å². The zero-order valence-corrected chi connectivity index (χ0v) is 12.6. The average molecular weight is 311 g/mol. The summed E-state index contributed by atoms with van der Waals surface area (Å²) >= 11 is 5.91. The number of amides is 1. The van der Waals surface area contributed by atoms with Gasteiger partial charge in [-0.1, -0.05) is 17.7 Å². The molecule has 114 valence electrons. The third kappa shape index (κ3) is 3.74. The van der Waals surface area contributed by atoms with Crippen LogP contribution in [0.3, 0.4) is 0 Å². The molecule has 0 unspecified atom stereocenters. The number of anilines is 1. The van der Waals surface area contributed by atoms with Crippen molar-refractivity contribution in [3.63, 3.8) is 0 Å². The highest BCUT2D eigenvalue weighted by molar-refractivity contribution is 6.30. The van der Waals surface area contributed by atoms with Crippen molar-refractivity contribution in [3.05, 3.63) is 29.3 Å². The second-order valence-corrected chi connectivity index (χ2v) is 5.92. The summed E-state index contributed by atoms with van der Waals surface area (Å²) in [6.07, 6.45) is 1.88. The fraction of sp³-hybridized carbons (Fsp3) is 0.533. The second kappa shape index (κ2) is 6.32. The number of carbonyl (C=O) groups excluding carboxylic acids is 1. The molecule has 2 aliphatic heterocycles. The lowest BCUT2D eigenvalue weighted by atomic mass is 10.0. The standard InChI is InChI=1S/C15H19ClN2O3/c16-12-3-1-4-13(9-12)17-14(19)10-18-6-2-5-15(11-18)20-7-8-21-15/h1,3-4,9H,2,5-8,10-11H2,(H,17,19). The molecule has 2 heterocycles. The molecule has 1 spiro atoms. The van der Waals surface area contributed by atoms with E-state index in [4.69, 9.17) is 21.1 Å². The van der Waals surface area contributed by atoms with Gasteiger partial charge < -0.3 is 14.8 Å². The number of halogens is 1. The third-order valence-electron chi connectivity index (χ3n) is 3.79. The predicted molar refractivity (Wildman–Crippen MR) is 80.4 cm³/mol. The van der Waals surface area contributed by atoms with E-state index in [0.717, 1.165) is 19.4 Å². The summed E-state index contributed by atoms with van der Waals surface area (Å²) in [6, 6.07) is 7.15. The topological polar surface area (TPSA) is 50.8 Å². The Morgan fingerprint density at radius 2 is 2.19 bits per heavy atom. The van der Waals surface area contributed by atoms with Crippen LogP contribution in [0.5, 0.6) is 0 Å². The summed E-state index contributed by atoms with van der Waals surface area (Å²) in [6.45, 7) is 3.15. The normalized spacial score (nSPS) is 21.6. The van der Waals surface area contributed by atoms with Crippen LogP contribution in [0, 0.1) is 0 Å². The molecule has 1 aromatic rings. The van der Waals surface area contributed by atoms with Gasteiger partial charge in [0, 0.05) is 17.1 Å². The van der Waals surface area contributed by atoms with E-state index in [-0.39, 0.29) is 5.91 Å². The summed E-state index contributed by atoms with van der Waals surface area (Å²) in [5, 5.41) is 3.47. The van der Waals surface area contributed by atoms with Crippen LogP contribution >= 0.6 is 11.6 Å². The first-order chi connectivity index (χ1) is 10.2. The van der Waals surface area contributed by atoms with E-state index < -0.39 is 5.79 Å². The minimum absolute atomic E-state index is 0.0488. The Kier molecular flexibility index (Phi) is 4.45. The van der Waals surface area contributed by atoms with Crippen LogP contribution in [0.4, 0.5) is 5.69 Å². The summed E-state index contributed by atoms with van der Waals surface area (Å²) < 4.78 is 11.4. The first kappa shape index (κ1) is 14.8. The number of hydrogen-bond acceptors (Lipinski definition) is 4. The lowest BCUT2D eigenvalue weighted by Gasteiger charge is -2.38. The Morgan fingerprint density at radius 3 is 2.95 bits per heavy atom. The molecule has 0 aromatic heterocycles. The van der Waals surface area contributed by atoms with Crippen LogP contribution in [-0.2, 0) is 14.3 Å². The van der Waals surface area contributed by atoms with Crippen molar-refractivity contribution in [1.29, 1.82) is 0 Å². The van der Waals surface area contributed by atoms with E-state index in [1.165, 1.54) is 0 Å². The second-order valence-electron chi connectivity index (χ2n) is 5.48. The largest absolute Gasteiger partial charge is 0.346 e. The monoisotopic (exact) mass is 310 g/mol. The Bertz CT molecular complexity index is 517. The van der Waals surface area contributed by atoms with Gasteiger partial charge in [-0.15, -0.1) is 0 Å². The van der Waals surface area contributed by atoms with E-state index >= 15 is 0 Å². The first-order valence-corrected chi connectivity index (χ1v) is 7.59. The molecule has 2 saturated heterocycles. The molecule has 2 aliphatic rings. The van der Waals surface area contributed by atoms with Gasteiger partial charge in [-0.05, 0) is 31.2 Å². The number of benzene rings is 1. The van der Waals surface area contributed by atoms with Crippen molar-refractivity contribution in [2.45, 2.75) is 18.6 Å². The van der Waals surface area contributed by atoms with Gasteiger partial charge in [-0.25, -0.2) is 0 Å². The number of likely N-dealkylation sites (tertiary alicyclic amines) is 1. The Labute approximate surface area is 129 Å². The van der Waals surface area contributed by atoms with Crippen molar-refractivity contribution in [2.75, 3.05) is 38.2 Å². The number of nitrogens with zero attached hydrogens (tertiary/aromatic N) is 1. The maximum absolute atomic E-state index is 12.1. The van der Waals surface area contributed by atoms with Gasteiger partial charge in [0.25, 0.3) is 0 Å². The Hall–Kier alpha value is -1.14. The van der Waals surface area contributed by atoms with Crippen LogP contribution in [0.25, 0.3) is 0 Å². The molecule has 0 aliphatic carbocycles. The molecule has 2 fully saturated rings. The third-order valence-corrected chi connectivity index (χ3v) is 4.02. The number of nitrogens with one attached hydrogen (secondary N) is 1. The lowest BCUT2D eigenvalue weighted by Crippen LogP contribution is -2.50. The highest BCUT2D eigenvalue weighted by atomic mass is 35.5. The number of carbonyl (C=O) groups is 1. The van der Waals surface area contributed by atoms with Crippen molar-refractivity contribution in [3.8, 4) is 0 Å². The smallest absolute Gasteiger partial charge is 0.238 e. The first-order valence-electron chi connectivity index (χ1n) is 7.21. The number of rotatable bonds is 3. The van der Waals surface area contributed by atoms with Crippen molar-refractivity contribution >= 4 is 23.2 Å². The highest BCUT2D eigenvalue weighted by Gasteiger charge is 2.40. The van der Waals surface area contributed by atoms with Crippen LogP contribution < -0.4 is 5.32 Å². The Balaban J connectivity index is 1.55. The predicted octanol–water partition coefficient (Wildman–Crippen LogP) is 2.12. The van der Waals surface area contributed by atoms with Crippen LogP contribution in [-0.4, -0.2) is 49.4 Å². The molecular formula is C15H19ClN2O3. The van der Waals surface area contributed by atoms with Gasteiger partial charge in [0.2, 0.25) is 5.91 Å². The molecule has 3 rings (SSSR count). The molecule has 6 heteroatoms. The fourth-order valence-corrected chi connectivity index (χ4v) is 3.10. The zero-order valence-electron chi connectivity index (χ0n) is 11.8. The minimum atomic E-state index is -0.491. The molecule has 21 heavy (non-hydrogen) atoms. The van der Waals surface area contributed by atoms with Gasteiger partial charge in [0.05, 0.1) is 26.3 Å². The molecule has 0 radical (unpaired) electrons. The number of hydrogen-bond donors (Lipinski definition) is 1. The SMILES string of the molecule is O=C(CN1CCCC2(C1)OCCO2)Nc1cccc(Cl)c1. The number of piperidine rings is 1. The zero-order chi connectivity index (χ0) is 14.7. The molecule has 1 aromatic carbocycles. The maximum atomic E-state index is 12.1. The molecule has 0 saturated carbocycles. The molecule has 0 bridgehead atoms. The van der Waals surface area contributed by atoms with Crippen LogP contribution in [0.1, 0.15) is 12.8 Å². The molecule has 1 N–H and O–H groups in total. The van der Waals surface area contributed by atoms with Gasteiger partial charge >= 0.3 is 0 Å². The highest BCUT2D eigenvalue weighted by Crippen LogP contribution is 2.29. The molecule has 0 atom stereocenters. The molecular weight excluding hydrogens is 292 g/mol. The van der Waals surface area contributed by atoms with E-state index in [2.05, 4.69) is 10.2 Å². The van der Waals surface area contributed by atoms with Gasteiger partial charge in [0.1, 0.15) is 0 Å². The van der Waals surface area contributed by atoms with Gasteiger partial charge in [0.15, 0.2) is 5.79 Å². The molecule has 1 amide bonds. The van der Waals surface area contributed by atoms with Gasteiger partial charge in [-0.2, -0.15) is 0 Å². The van der Waals surface area contributed by atoms with E-state index in [1.807, 2.05) is 12.1 Å². The van der Waals surface area contributed by atoms with Gasteiger partial charge in [-0.3, -0.25) is 9.69 Å². The van der Waals surface area contributed by atoms with Crippen molar-refractivity contribution < 1.29 is 14.3 Å². The Morgan fingerprint density at radius 1 is 1.38 bits per heavy atom. The summed E-state index contributed by atoms with van der Waals surface area (Å²) in [4.78, 5) is 14.2. The quantitative estimate of drug-likeness (QED) is 0.929. The van der Waals surface area contributed by atoms with E-state index in [1.54, 1.807) is 12.1 Å². The number of ether oxygens (including phenoxy) is 2.